The van der Waals surface area contributed by atoms with Gasteiger partial charge in [-0.25, -0.2) is 0 Å². The summed E-state index contributed by atoms with van der Waals surface area (Å²) in [6.07, 6.45) is 2.68. The van der Waals surface area contributed by atoms with E-state index in [-0.39, 0.29) is 5.78 Å². The van der Waals surface area contributed by atoms with Crippen LogP contribution in [0.3, 0.4) is 0 Å². The minimum atomic E-state index is 0.0398. The molecule has 1 aromatic carbocycles. The molecule has 0 aliphatic heterocycles. The molecular formula is C15H19N3O2. The molecule has 5 nitrogen and oxygen atoms in total. The van der Waals surface area contributed by atoms with Crippen molar-refractivity contribution in [3.8, 4) is 5.75 Å². The molecule has 1 heterocycles. The van der Waals surface area contributed by atoms with E-state index in [0.29, 0.717) is 30.8 Å². The van der Waals surface area contributed by atoms with Gasteiger partial charge < -0.3 is 10.5 Å². The molecule has 2 aromatic rings. The van der Waals surface area contributed by atoms with Gasteiger partial charge in [0.2, 0.25) is 0 Å². The molecule has 0 bridgehead atoms. The lowest BCUT2D eigenvalue weighted by molar-refractivity contribution is 0.0969. The maximum Gasteiger partial charge on any atom is 0.185 e. The number of aryl methyl sites for hydroxylation is 2. The Morgan fingerprint density at radius 2 is 2.05 bits per heavy atom. The lowest BCUT2D eigenvalue weighted by Crippen LogP contribution is -2.11. The lowest BCUT2D eigenvalue weighted by atomic mass is 10.1. The van der Waals surface area contributed by atoms with E-state index in [0.717, 1.165) is 11.3 Å². The van der Waals surface area contributed by atoms with Crippen LogP contribution >= 0.6 is 0 Å². The first-order valence-electron chi connectivity index (χ1n) is 6.63. The predicted octanol–water partition coefficient (Wildman–Crippen LogP) is 2.31. The van der Waals surface area contributed by atoms with Crippen LogP contribution in [0.2, 0.25) is 0 Å². The normalized spacial score (nSPS) is 10.5. The number of benzene rings is 1. The number of ketones is 1. The Bertz CT molecular complexity index is 566. The molecule has 106 valence electrons. The molecule has 1 aromatic heterocycles. The minimum absolute atomic E-state index is 0.0398. The number of nitrogens with zero attached hydrogens (tertiary/aromatic N) is 2. The fraction of sp³-hybridized carbons (Fsp3) is 0.333. The zero-order valence-corrected chi connectivity index (χ0v) is 11.8. The number of carbonyl (C=O) groups excluding carboxylic acids is 1. The van der Waals surface area contributed by atoms with Crippen LogP contribution in [-0.4, -0.2) is 22.7 Å². The van der Waals surface area contributed by atoms with Crippen LogP contribution in [0.1, 0.15) is 29.4 Å². The summed E-state index contributed by atoms with van der Waals surface area (Å²) in [5.41, 5.74) is 8.01. The second kappa shape index (κ2) is 6.23. The van der Waals surface area contributed by atoms with Crippen molar-refractivity contribution in [2.24, 2.45) is 0 Å². The van der Waals surface area contributed by atoms with Crippen LogP contribution in [0, 0.1) is 0 Å². The van der Waals surface area contributed by atoms with Crippen molar-refractivity contribution in [2.45, 2.75) is 26.3 Å². The van der Waals surface area contributed by atoms with Crippen molar-refractivity contribution < 1.29 is 9.53 Å². The van der Waals surface area contributed by atoms with E-state index in [9.17, 15) is 4.79 Å². The molecule has 0 unspecified atom stereocenters. The Kier molecular flexibility index (Phi) is 4.40. The number of rotatable bonds is 6. The van der Waals surface area contributed by atoms with Gasteiger partial charge in [0.25, 0.3) is 0 Å². The van der Waals surface area contributed by atoms with Crippen LogP contribution < -0.4 is 10.5 Å². The van der Waals surface area contributed by atoms with E-state index in [1.54, 1.807) is 18.0 Å². The summed E-state index contributed by atoms with van der Waals surface area (Å²) >= 11 is 0. The van der Waals surface area contributed by atoms with Crippen LogP contribution in [0.5, 0.6) is 5.75 Å². The standard InChI is InChI=1S/C15H19N3O2/c1-3-18-15(14(20-2)10-17-18)13(19)9-6-11-4-7-12(16)8-5-11/h4-5,7-8,10H,3,6,9,16H2,1-2H3. The van der Waals surface area contributed by atoms with E-state index in [1.165, 1.54) is 0 Å². The average Bonchev–Trinajstić information content (AvgIpc) is 2.89. The number of hydrogen-bond acceptors (Lipinski definition) is 4. The first-order chi connectivity index (χ1) is 9.65. The maximum atomic E-state index is 12.3. The Balaban J connectivity index is 2.08. The monoisotopic (exact) mass is 273 g/mol. The van der Waals surface area contributed by atoms with Crippen LogP contribution in [0.15, 0.2) is 30.5 Å². The van der Waals surface area contributed by atoms with E-state index in [1.807, 2.05) is 31.2 Å². The first kappa shape index (κ1) is 14.1. The summed E-state index contributed by atoms with van der Waals surface area (Å²) in [6.45, 7) is 2.59. The zero-order valence-electron chi connectivity index (χ0n) is 11.8. The molecule has 0 amide bonds. The van der Waals surface area contributed by atoms with E-state index >= 15 is 0 Å². The average molecular weight is 273 g/mol. The minimum Gasteiger partial charge on any atom is -0.493 e. The molecule has 2 rings (SSSR count). The summed E-state index contributed by atoms with van der Waals surface area (Å²) in [5.74, 6) is 0.576. The number of methoxy groups -OCH3 is 1. The van der Waals surface area contributed by atoms with Gasteiger partial charge in [-0.2, -0.15) is 5.10 Å². The van der Waals surface area contributed by atoms with Gasteiger partial charge in [-0.1, -0.05) is 12.1 Å². The van der Waals surface area contributed by atoms with Gasteiger partial charge in [-0.05, 0) is 31.0 Å². The summed E-state index contributed by atoms with van der Waals surface area (Å²) in [6, 6.07) is 7.57. The molecule has 5 heteroatoms. The van der Waals surface area contributed by atoms with Gasteiger partial charge in [0, 0.05) is 18.7 Å². The quantitative estimate of drug-likeness (QED) is 0.647. The highest BCUT2D eigenvalue weighted by Gasteiger charge is 2.18. The summed E-state index contributed by atoms with van der Waals surface area (Å²) in [4.78, 5) is 12.3. The predicted molar refractivity (Wildman–Crippen MR) is 78.0 cm³/mol. The van der Waals surface area contributed by atoms with E-state index < -0.39 is 0 Å². The molecule has 0 spiro atoms. The molecular weight excluding hydrogens is 254 g/mol. The highest BCUT2D eigenvalue weighted by Crippen LogP contribution is 2.20. The molecule has 0 fully saturated rings. The molecule has 0 radical (unpaired) electrons. The maximum absolute atomic E-state index is 12.3. The van der Waals surface area contributed by atoms with E-state index in [2.05, 4.69) is 5.10 Å². The summed E-state index contributed by atoms with van der Waals surface area (Å²) in [7, 11) is 1.55. The lowest BCUT2D eigenvalue weighted by Gasteiger charge is -2.06. The summed E-state index contributed by atoms with van der Waals surface area (Å²) in [5, 5.41) is 4.15. The van der Waals surface area contributed by atoms with Gasteiger partial charge >= 0.3 is 0 Å². The van der Waals surface area contributed by atoms with Crippen molar-refractivity contribution in [2.75, 3.05) is 12.8 Å². The van der Waals surface area contributed by atoms with Crippen molar-refractivity contribution >= 4 is 11.5 Å². The summed E-state index contributed by atoms with van der Waals surface area (Å²) < 4.78 is 6.87. The Morgan fingerprint density at radius 3 is 2.65 bits per heavy atom. The largest absolute Gasteiger partial charge is 0.493 e. The SMILES string of the molecule is CCn1ncc(OC)c1C(=O)CCc1ccc(N)cc1. The highest BCUT2D eigenvalue weighted by atomic mass is 16.5. The number of hydrogen-bond donors (Lipinski definition) is 1. The molecule has 0 atom stereocenters. The fourth-order valence-electron chi connectivity index (χ4n) is 2.10. The molecule has 0 saturated carbocycles. The smallest absolute Gasteiger partial charge is 0.185 e. The fourth-order valence-corrected chi connectivity index (χ4v) is 2.10. The number of nitrogen functional groups attached to an aromatic ring is 1. The molecule has 20 heavy (non-hydrogen) atoms. The number of Topliss-reactive ketones (excluding diaryl/α,β-unsaturated/α-hetero) is 1. The van der Waals surface area contributed by atoms with Gasteiger partial charge in [0.1, 0.15) is 5.69 Å². The Hall–Kier alpha value is -2.30. The van der Waals surface area contributed by atoms with Gasteiger partial charge in [-0.3, -0.25) is 9.48 Å². The van der Waals surface area contributed by atoms with Crippen molar-refractivity contribution in [1.29, 1.82) is 0 Å². The van der Waals surface area contributed by atoms with Crippen LogP contribution in [0.4, 0.5) is 5.69 Å². The third-order valence-electron chi connectivity index (χ3n) is 3.21. The number of aromatic nitrogens is 2. The van der Waals surface area contributed by atoms with Crippen molar-refractivity contribution in [1.82, 2.24) is 9.78 Å². The van der Waals surface area contributed by atoms with Gasteiger partial charge in [0.15, 0.2) is 11.5 Å². The number of ether oxygens (including phenoxy) is 1. The second-order valence-corrected chi connectivity index (χ2v) is 4.54. The van der Waals surface area contributed by atoms with Gasteiger partial charge in [0.05, 0.1) is 13.3 Å². The van der Waals surface area contributed by atoms with Gasteiger partial charge in [-0.15, -0.1) is 0 Å². The number of carbonyl (C=O) groups is 1. The third kappa shape index (κ3) is 2.99. The Morgan fingerprint density at radius 1 is 1.35 bits per heavy atom. The first-order valence-corrected chi connectivity index (χ1v) is 6.63. The molecule has 2 N–H and O–H groups in total. The Labute approximate surface area is 118 Å². The molecule has 0 saturated heterocycles. The third-order valence-corrected chi connectivity index (χ3v) is 3.21. The molecule has 0 aliphatic rings. The highest BCUT2D eigenvalue weighted by molar-refractivity contribution is 5.97. The van der Waals surface area contributed by atoms with Crippen molar-refractivity contribution in [3.63, 3.8) is 0 Å². The zero-order chi connectivity index (χ0) is 14.5. The number of nitrogens with two attached hydrogens (primary N) is 1. The number of anilines is 1. The second-order valence-electron chi connectivity index (χ2n) is 4.54. The van der Waals surface area contributed by atoms with Crippen LogP contribution in [0.25, 0.3) is 0 Å². The topological polar surface area (TPSA) is 70.1 Å². The van der Waals surface area contributed by atoms with E-state index in [4.69, 9.17) is 10.5 Å². The molecule has 0 aliphatic carbocycles. The van der Waals surface area contributed by atoms with Crippen molar-refractivity contribution in [3.05, 3.63) is 41.7 Å². The van der Waals surface area contributed by atoms with Crippen LogP contribution in [-0.2, 0) is 13.0 Å².